The van der Waals surface area contributed by atoms with Gasteiger partial charge in [0.1, 0.15) is 5.82 Å². The van der Waals surface area contributed by atoms with Gasteiger partial charge >= 0.3 is 5.97 Å². The first-order valence-electron chi connectivity index (χ1n) is 7.74. The van der Waals surface area contributed by atoms with Gasteiger partial charge in [0.25, 0.3) is 0 Å². The number of nitrogens with one attached hydrogen (secondary N) is 1. The fourth-order valence-electron chi connectivity index (χ4n) is 2.36. The van der Waals surface area contributed by atoms with Gasteiger partial charge in [0.05, 0.1) is 19.6 Å². The Morgan fingerprint density at radius 2 is 1.75 bits per heavy atom. The van der Waals surface area contributed by atoms with Crippen molar-refractivity contribution >= 4 is 11.9 Å². The van der Waals surface area contributed by atoms with Crippen LogP contribution in [0.4, 0.5) is 4.39 Å². The molecule has 0 heterocycles. The molecular weight excluding hydrogens is 309 g/mol. The maximum atomic E-state index is 12.9. The number of ether oxygens (including phenoxy) is 1. The second kappa shape index (κ2) is 8.82. The number of carbonyl (C=O) groups is 2. The quantitative estimate of drug-likeness (QED) is 0.794. The van der Waals surface area contributed by atoms with E-state index in [9.17, 15) is 14.0 Å². The smallest absolute Gasteiger partial charge is 0.307 e. The maximum Gasteiger partial charge on any atom is 0.307 e. The molecule has 2 rings (SSSR count). The second-order valence-electron chi connectivity index (χ2n) is 5.44. The molecule has 2 aromatic rings. The van der Waals surface area contributed by atoms with Crippen LogP contribution in [0, 0.1) is 5.82 Å². The lowest BCUT2D eigenvalue weighted by molar-refractivity contribution is -0.141. The number of carbonyl (C=O) groups excluding carboxylic acids is 2. The summed E-state index contributed by atoms with van der Waals surface area (Å²) in [6, 6.07) is 14.9. The summed E-state index contributed by atoms with van der Waals surface area (Å²) >= 11 is 0. The van der Waals surface area contributed by atoms with Gasteiger partial charge in [-0.25, -0.2) is 4.39 Å². The number of benzene rings is 2. The van der Waals surface area contributed by atoms with E-state index in [4.69, 9.17) is 4.74 Å². The highest BCUT2D eigenvalue weighted by Gasteiger charge is 2.18. The van der Waals surface area contributed by atoms with Crippen molar-refractivity contribution < 1.29 is 18.7 Å². The third kappa shape index (κ3) is 5.50. The van der Waals surface area contributed by atoms with Crippen molar-refractivity contribution in [3.8, 4) is 0 Å². The van der Waals surface area contributed by atoms with Gasteiger partial charge in [0.2, 0.25) is 5.91 Å². The molecule has 0 spiro atoms. The number of methoxy groups -OCH3 is 1. The molecule has 5 heteroatoms. The van der Waals surface area contributed by atoms with Gasteiger partial charge in [-0.05, 0) is 29.7 Å². The van der Waals surface area contributed by atoms with Crippen molar-refractivity contribution in [2.45, 2.75) is 25.3 Å². The van der Waals surface area contributed by atoms with E-state index in [2.05, 4.69) is 5.32 Å². The van der Waals surface area contributed by atoms with Gasteiger partial charge in [-0.3, -0.25) is 9.59 Å². The Morgan fingerprint density at radius 3 is 2.38 bits per heavy atom. The average Bonchev–Trinajstić information content (AvgIpc) is 2.61. The van der Waals surface area contributed by atoms with E-state index in [0.29, 0.717) is 6.42 Å². The average molecular weight is 329 g/mol. The highest BCUT2D eigenvalue weighted by atomic mass is 19.1. The minimum Gasteiger partial charge on any atom is -0.469 e. The fourth-order valence-corrected chi connectivity index (χ4v) is 2.36. The highest BCUT2D eigenvalue weighted by Crippen LogP contribution is 2.17. The Labute approximate surface area is 140 Å². The lowest BCUT2D eigenvalue weighted by Crippen LogP contribution is -2.30. The van der Waals surface area contributed by atoms with Crippen molar-refractivity contribution in [2.75, 3.05) is 7.11 Å². The van der Waals surface area contributed by atoms with Gasteiger partial charge in [-0.2, -0.15) is 0 Å². The zero-order chi connectivity index (χ0) is 17.4. The molecule has 0 fully saturated rings. The number of halogens is 1. The number of amides is 1. The number of hydrogen-bond acceptors (Lipinski definition) is 3. The predicted octanol–water partition coefficient (Wildman–Crippen LogP) is 3.18. The Kier molecular flexibility index (Phi) is 6.49. The zero-order valence-electron chi connectivity index (χ0n) is 13.5. The van der Waals surface area contributed by atoms with Crippen LogP contribution in [0.2, 0.25) is 0 Å². The summed E-state index contributed by atoms with van der Waals surface area (Å²) < 4.78 is 17.6. The van der Waals surface area contributed by atoms with E-state index in [1.165, 1.54) is 19.2 Å². The Bertz CT molecular complexity index is 671. The van der Waals surface area contributed by atoms with Crippen LogP contribution in [0.5, 0.6) is 0 Å². The summed E-state index contributed by atoms with van der Waals surface area (Å²) in [5.41, 5.74) is 1.73. The summed E-state index contributed by atoms with van der Waals surface area (Å²) in [7, 11) is 1.32. The third-order valence-corrected chi connectivity index (χ3v) is 3.69. The first kappa shape index (κ1) is 17.7. The Hall–Kier alpha value is -2.69. The lowest BCUT2D eigenvalue weighted by atomic mass is 10.0. The molecule has 2 aromatic carbocycles. The van der Waals surface area contributed by atoms with Gasteiger partial charge in [0, 0.05) is 6.42 Å². The van der Waals surface area contributed by atoms with E-state index in [0.717, 1.165) is 11.1 Å². The standard InChI is InChI=1S/C19H20FNO3/c1-24-19(23)13-17(15-5-3-2-4-6-15)21-18(22)12-9-14-7-10-16(20)11-8-14/h2-8,10-11,17H,9,12-13H2,1H3,(H,21,22)/t17-/m1/s1. The highest BCUT2D eigenvalue weighted by molar-refractivity contribution is 5.78. The lowest BCUT2D eigenvalue weighted by Gasteiger charge is -2.18. The largest absolute Gasteiger partial charge is 0.469 e. The normalized spacial score (nSPS) is 11.6. The molecule has 0 saturated heterocycles. The summed E-state index contributed by atoms with van der Waals surface area (Å²) in [6.07, 6.45) is 0.838. The van der Waals surface area contributed by atoms with Crippen LogP contribution in [-0.2, 0) is 20.7 Å². The topological polar surface area (TPSA) is 55.4 Å². The molecule has 4 nitrogen and oxygen atoms in total. The zero-order valence-corrected chi connectivity index (χ0v) is 13.5. The van der Waals surface area contributed by atoms with Crippen LogP contribution in [0.1, 0.15) is 30.0 Å². The molecule has 0 saturated carbocycles. The molecule has 0 aliphatic carbocycles. The van der Waals surface area contributed by atoms with Crippen LogP contribution in [0.25, 0.3) is 0 Å². The molecule has 0 bridgehead atoms. The predicted molar refractivity (Wildman–Crippen MR) is 88.7 cm³/mol. The van der Waals surface area contributed by atoms with Crippen LogP contribution in [0.3, 0.4) is 0 Å². The summed E-state index contributed by atoms with van der Waals surface area (Å²) in [5.74, 6) is -0.856. The van der Waals surface area contributed by atoms with E-state index in [1.807, 2.05) is 30.3 Å². The summed E-state index contributed by atoms with van der Waals surface area (Å²) in [6.45, 7) is 0. The minimum atomic E-state index is -0.431. The molecule has 0 radical (unpaired) electrons. The number of aryl methyl sites for hydroxylation is 1. The molecule has 24 heavy (non-hydrogen) atoms. The molecule has 0 aromatic heterocycles. The number of hydrogen-bond donors (Lipinski definition) is 1. The van der Waals surface area contributed by atoms with E-state index in [-0.39, 0.29) is 30.5 Å². The summed E-state index contributed by atoms with van der Waals surface area (Å²) in [4.78, 5) is 23.8. The van der Waals surface area contributed by atoms with Crippen molar-refractivity contribution in [3.63, 3.8) is 0 Å². The SMILES string of the molecule is COC(=O)C[C@@H](NC(=O)CCc1ccc(F)cc1)c1ccccc1. The second-order valence-corrected chi connectivity index (χ2v) is 5.44. The van der Waals surface area contributed by atoms with Crippen LogP contribution < -0.4 is 5.32 Å². The van der Waals surface area contributed by atoms with Crippen LogP contribution in [-0.4, -0.2) is 19.0 Å². The number of rotatable bonds is 7. The minimum absolute atomic E-state index is 0.0722. The first-order chi connectivity index (χ1) is 11.6. The van der Waals surface area contributed by atoms with Crippen molar-refractivity contribution in [2.24, 2.45) is 0 Å². The van der Waals surface area contributed by atoms with Gasteiger partial charge in [-0.1, -0.05) is 42.5 Å². The fraction of sp³-hybridized carbons (Fsp3) is 0.263. The van der Waals surface area contributed by atoms with Crippen molar-refractivity contribution in [3.05, 3.63) is 71.5 Å². The monoisotopic (exact) mass is 329 g/mol. The number of esters is 1. The van der Waals surface area contributed by atoms with Crippen LogP contribution in [0.15, 0.2) is 54.6 Å². The van der Waals surface area contributed by atoms with Crippen LogP contribution >= 0.6 is 0 Å². The molecule has 1 atom stereocenters. The van der Waals surface area contributed by atoms with E-state index >= 15 is 0 Å². The third-order valence-electron chi connectivity index (χ3n) is 3.69. The molecule has 0 aliphatic heterocycles. The van der Waals surface area contributed by atoms with E-state index < -0.39 is 6.04 Å². The molecule has 1 amide bonds. The van der Waals surface area contributed by atoms with Crippen molar-refractivity contribution in [1.29, 1.82) is 0 Å². The first-order valence-corrected chi connectivity index (χ1v) is 7.74. The Morgan fingerprint density at radius 1 is 1.08 bits per heavy atom. The van der Waals surface area contributed by atoms with Gasteiger partial charge < -0.3 is 10.1 Å². The molecule has 1 N–H and O–H groups in total. The molecular formula is C19H20FNO3. The summed E-state index contributed by atoms with van der Waals surface area (Å²) in [5, 5.41) is 2.87. The van der Waals surface area contributed by atoms with Crippen molar-refractivity contribution in [1.82, 2.24) is 5.32 Å². The molecule has 126 valence electrons. The van der Waals surface area contributed by atoms with Gasteiger partial charge in [-0.15, -0.1) is 0 Å². The molecule has 0 unspecified atom stereocenters. The van der Waals surface area contributed by atoms with E-state index in [1.54, 1.807) is 12.1 Å². The Balaban J connectivity index is 1.96. The molecule has 0 aliphatic rings. The van der Waals surface area contributed by atoms with Gasteiger partial charge in [0.15, 0.2) is 0 Å². The maximum absolute atomic E-state index is 12.9.